The highest BCUT2D eigenvalue weighted by molar-refractivity contribution is 5.80. The standard InChI is InChI=1S/C51H33N5/c52-34-35-29-46(38-20-24-39(25-21-38)48-19-7-8-28-53-48)33-47(30-35)44-17-9-15-42(31-44)43-16-10-18-45(32-43)51-55-49(40-13-5-2-6-14-40)54-50(56-51)41-26-22-37(23-27-41)36-11-3-1-4-12-36/h1-33H. The summed E-state index contributed by atoms with van der Waals surface area (Å²) in [6.45, 7) is 0. The molecule has 0 unspecified atom stereocenters. The quantitative estimate of drug-likeness (QED) is 0.157. The Morgan fingerprint density at radius 2 is 0.696 bits per heavy atom. The zero-order valence-electron chi connectivity index (χ0n) is 30.3. The molecule has 0 saturated carbocycles. The van der Waals surface area contributed by atoms with E-state index in [9.17, 15) is 5.26 Å². The Morgan fingerprint density at radius 1 is 0.304 bits per heavy atom. The molecule has 0 spiro atoms. The first-order valence-corrected chi connectivity index (χ1v) is 18.4. The van der Waals surface area contributed by atoms with Gasteiger partial charge in [0.15, 0.2) is 17.5 Å². The van der Waals surface area contributed by atoms with Crippen LogP contribution in [0.4, 0.5) is 0 Å². The van der Waals surface area contributed by atoms with Gasteiger partial charge in [-0.2, -0.15) is 5.26 Å². The molecule has 9 aromatic rings. The molecule has 56 heavy (non-hydrogen) atoms. The Labute approximate surface area is 326 Å². The van der Waals surface area contributed by atoms with Crippen LogP contribution < -0.4 is 0 Å². The summed E-state index contributed by atoms with van der Waals surface area (Å²) in [7, 11) is 0. The van der Waals surface area contributed by atoms with Crippen molar-refractivity contribution in [2.45, 2.75) is 0 Å². The first-order chi connectivity index (χ1) is 27.7. The van der Waals surface area contributed by atoms with Gasteiger partial charge in [-0.05, 0) is 87.0 Å². The lowest BCUT2D eigenvalue weighted by molar-refractivity contribution is 1.07. The molecule has 262 valence electrons. The molecular formula is C51H33N5. The number of pyridine rings is 1. The zero-order chi connectivity index (χ0) is 37.7. The van der Waals surface area contributed by atoms with Gasteiger partial charge in [-0.1, -0.05) is 152 Å². The van der Waals surface area contributed by atoms with E-state index < -0.39 is 0 Å². The fraction of sp³-hybridized carbons (Fsp3) is 0. The molecule has 2 heterocycles. The predicted octanol–water partition coefficient (Wildman–Crippen LogP) is 12.5. The molecule has 5 heteroatoms. The Balaban J connectivity index is 1.06. The maximum atomic E-state index is 10.0. The summed E-state index contributed by atoms with van der Waals surface area (Å²) in [4.78, 5) is 19.4. The molecule has 0 radical (unpaired) electrons. The average molecular weight is 716 g/mol. The van der Waals surface area contributed by atoms with Crippen LogP contribution in [0.25, 0.3) is 89.9 Å². The fourth-order valence-corrected chi connectivity index (χ4v) is 6.90. The Morgan fingerprint density at radius 3 is 1.29 bits per heavy atom. The topological polar surface area (TPSA) is 75.3 Å². The summed E-state index contributed by atoms with van der Waals surface area (Å²) in [5, 5.41) is 10.0. The third-order valence-corrected chi connectivity index (χ3v) is 9.81. The third kappa shape index (κ3) is 7.23. The molecule has 2 aromatic heterocycles. The Bertz CT molecular complexity index is 2830. The van der Waals surface area contributed by atoms with Crippen LogP contribution in [0, 0.1) is 11.3 Å². The second kappa shape index (κ2) is 15.3. The van der Waals surface area contributed by atoms with E-state index in [2.05, 4.69) is 114 Å². The number of hydrogen-bond acceptors (Lipinski definition) is 5. The Kier molecular flexibility index (Phi) is 9.27. The molecule has 0 fully saturated rings. The summed E-state index contributed by atoms with van der Waals surface area (Å²) < 4.78 is 0. The van der Waals surface area contributed by atoms with E-state index in [-0.39, 0.29) is 0 Å². The normalized spacial score (nSPS) is 10.8. The number of nitriles is 1. The lowest BCUT2D eigenvalue weighted by Crippen LogP contribution is -2.00. The van der Waals surface area contributed by atoms with Crippen molar-refractivity contribution in [1.82, 2.24) is 19.9 Å². The lowest BCUT2D eigenvalue weighted by atomic mass is 9.93. The molecule has 7 aromatic carbocycles. The third-order valence-electron chi connectivity index (χ3n) is 9.81. The van der Waals surface area contributed by atoms with Crippen molar-refractivity contribution < 1.29 is 0 Å². The van der Waals surface area contributed by atoms with E-state index in [1.54, 1.807) is 6.20 Å². The van der Waals surface area contributed by atoms with Crippen LogP contribution in [0.1, 0.15) is 5.56 Å². The van der Waals surface area contributed by atoms with Crippen LogP contribution in [0.15, 0.2) is 200 Å². The predicted molar refractivity (Wildman–Crippen MR) is 226 cm³/mol. The molecular weight excluding hydrogens is 683 g/mol. The highest BCUT2D eigenvalue weighted by Crippen LogP contribution is 2.34. The van der Waals surface area contributed by atoms with Crippen molar-refractivity contribution in [1.29, 1.82) is 5.26 Å². The van der Waals surface area contributed by atoms with Crippen molar-refractivity contribution in [2.24, 2.45) is 0 Å². The van der Waals surface area contributed by atoms with Crippen LogP contribution in [0.5, 0.6) is 0 Å². The SMILES string of the molecule is N#Cc1cc(-c2ccc(-c3ccccn3)cc2)cc(-c2cccc(-c3cccc(-c4nc(-c5ccccc5)nc(-c5ccc(-c6ccccc6)cc5)n4)c3)c2)c1. The van der Waals surface area contributed by atoms with Gasteiger partial charge in [-0.3, -0.25) is 4.98 Å². The fourth-order valence-electron chi connectivity index (χ4n) is 6.90. The minimum atomic E-state index is 0.597. The highest BCUT2D eigenvalue weighted by Gasteiger charge is 2.14. The average Bonchev–Trinajstić information content (AvgIpc) is 3.30. The number of hydrogen-bond donors (Lipinski definition) is 0. The molecule has 0 aliphatic rings. The molecule has 0 atom stereocenters. The summed E-state index contributed by atoms with van der Waals surface area (Å²) in [6.07, 6.45) is 1.80. The van der Waals surface area contributed by atoms with Crippen molar-refractivity contribution in [3.63, 3.8) is 0 Å². The molecule has 0 aliphatic heterocycles. The molecule has 0 bridgehead atoms. The van der Waals surface area contributed by atoms with Gasteiger partial charge >= 0.3 is 0 Å². The lowest BCUT2D eigenvalue weighted by Gasteiger charge is -2.12. The van der Waals surface area contributed by atoms with Gasteiger partial charge in [0.2, 0.25) is 0 Å². The largest absolute Gasteiger partial charge is 0.256 e. The number of aromatic nitrogens is 4. The maximum Gasteiger partial charge on any atom is 0.164 e. The van der Waals surface area contributed by atoms with Crippen LogP contribution in [-0.4, -0.2) is 19.9 Å². The van der Waals surface area contributed by atoms with E-state index in [1.807, 2.05) is 91.0 Å². The smallest absolute Gasteiger partial charge is 0.164 e. The van der Waals surface area contributed by atoms with E-state index >= 15 is 0 Å². The van der Waals surface area contributed by atoms with Crippen molar-refractivity contribution >= 4 is 0 Å². The van der Waals surface area contributed by atoms with Crippen LogP contribution >= 0.6 is 0 Å². The van der Waals surface area contributed by atoms with Gasteiger partial charge in [-0.25, -0.2) is 15.0 Å². The van der Waals surface area contributed by atoms with E-state index in [0.29, 0.717) is 23.0 Å². The zero-order valence-corrected chi connectivity index (χ0v) is 30.3. The van der Waals surface area contributed by atoms with E-state index in [0.717, 1.165) is 72.5 Å². The number of rotatable bonds is 8. The van der Waals surface area contributed by atoms with Crippen LogP contribution in [0.2, 0.25) is 0 Å². The molecule has 9 rings (SSSR count). The number of benzene rings is 7. The molecule has 0 amide bonds. The van der Waals surface area contributed by atoms with Crippen molar-refractivity contribution in [2.75, 3.05) is 0 Å². The summed E-state index contributed by atoms with van der Waals surface area (Å²) in [5.74, 6) is 1.82. The first-order valence-electron chi connectivity index (χ1n) is 18.4. The summed E-state index contributed by atoms with van der Waals surface area (Å²) in [6, 6.07) is 68.1. The van der Waals surface area contributed by atoms with Gasteiger partial charge in [0.1, 0.15) is 0 Å². The first kappa shape index (κ1) is 34.0. The summed E-state index contributed by atoms with van der Waals surface area (Å²) >= 11 is 0. The van der Waals surface area contributed by atoms with Gasteiger partial charge in [0, 0.05) is 28.5 Å². The molecule has 0 aliphatic carbocycles. The monoisotopic (exact) mass is 715 g/mol. The minimum Gasteiger partial charge on any atom is -0.256 e. The second-order valence-corrected chi connectivity index (χ2v) is 13.5. The number of nitrogens with zero attached hydrogens (tertiary/aromatic N) is 5. The minimum absolute atomic E-state index is 0.597. The van der Waals surface area contributed by atoms with Crippen LogP contribution in [-0.2, 0) is 0 Å². The van der Waals surface area contributed by atoms with Crippen molar-refractivity contribution in [3.05, 3.63) is 206 Å². The summed E-state index contributed by atoms with van der Waals surface area (Å²) in [5.41, 5.74) is 13.7. The highest BCUT2D eigenvalue weighted by atomic mass is 15.0. The van der Waals surface area contributed by atoms with Gasteiger partial charge in [-0.15, -0.1) is 0 Å². The van der Waals surface area contributed by atoms with E-state index in [1.165, 1.54) is 0 Å². The van der Waals surface area contributed by atoms with Gasteiger partial charge in [0.05, 0.1) is 17.3 Å². The second-order valence-electron chi connectivity index (χ2n) is 13.5. The molecule has 0 saturated heterocycles. The van der Waals surface area contributed by atoms with Crippen LogP contribution in [0.3, 0.4) is 0 Å². The van der Waals surface area contributed by atoms with E-state index in [4.69, 9.17) is 15.0 Å². The molecule has 5 nitrogen and oxygen atoms in total. The Hall–Kier alpha value is -7.81. The molecule has 0 N–H and O–H groups in total. The van der Waals surface area contributed by atoms with Crippen molar-refractivity contribution in [3.8, 4) is 96.0 Å². The van der Waals surface area contributed by atoms with Gasteiger partial charge < -0.3 is 0 Å². The maximum absolute atomic E-state index is 10.0. The van der Waals surface area contributed by atoms with Gasteiger partial charge in [0.25, 0.3) is 0 Å².